The number of rotatable bonds is 4. The molecule has 0 bridgehead atoms. The van der Waals surface area contributed by atoms with Gasteiger partial charge in [-0.15, -0.1) is 0 Å². The lowest BCUT2D eigenvalue weighted by molar-refractivity contribution is -0.135. The Balaban J connectivity index is 1.55. The molecule has 0 N–H and O–H groups in total. The Kier molecular flexibility index (Phi) is 5.68. The van der Waals surface area contributed by atoms with Crippen LogP contribution >= 0.6 is 0 Å². The van der Waals surface area contributed by atoms with Gasteiger partial charge in [0.25, 0.3) is 0 Å². The van der Waals surface area contributed by atoms with E-state index in [1.807, 2.05) is 4.90 Å². The van der Waals surface area contributed by atoms with Gasteiger partial charge in [-0.1, -0.05) is 37.0 Å². The lowest BCUT2D eigenvalue weighted by atomic mass is 9.92. The highest BCUT2D eigenvalue weighted by molar-refractivity contribution is 7.91. The van der Waals surface area contributed by atoms with Crippen LogP contribution in [-0.2, 0) is 21.1 Å². The molecule has 1 amide bonds. The summed E-state index contributed by atoms with van der Waals surface area (Å²) < 4.78 is 24.2. The van der Waals surface area contributed by atoms with E-state index in [-0.39, 0.29) is 29.5 Å². The maximum Gasteiger partial charge on any atom is 0.242 e. The molecule has 3 aliphatic rings. The van der Waals surface area contributed by atoms with Crippen LogP contribution in [-0.4, -0.2) is 55.9 Å². The molecule has 1 aliphatic carbocycles. The molecule has 1 saturated heterocycles. The fourth-order valence-electron chi connectivity index (χ4n) is 5.27. The van der Waals surface area contributed by atoms with Crippen LogP contribution in [0, 0.1) is 6.92 Å². The van der Waals surface area contributed by atoms with Gasteiger partial charge in [0.05, 0.1) is 18.1 Å². The van der Waals surface area contributed by atoms with Gasteiger partial charge in [0.2, 0.25) is 5.91 Å². The second kappa shape index (κ2) is 8.05. The lowest BCUT2D eigenvalue weighted by Crippen LogP contribution is -2.52. The van der Waals surface area contributed by atoms with Crippen molar-refractivity contribution in [1.82, 2.24) is 4.90 Å². The number of sulfone groups is 1. The summed E-state index contributed by atoms with van der Waals surface area (Å²) >= 11 is 0. The van der Waals surface area contributed by atoms with E-state index in [9.17, 15) is 13.2 Å². The minimum atomic E-state index is -3.01. The van der Waals surface area contributed by atoms with Crippen molar-refractivity contribution in [3.63, 3.8) is 0 Å². The standard InChI is InChI=1S/C22H32N2O3S/c1-17-9-10-21-18(14-17)6-5-12-23(21)15-22(25)24(19-7-3-2-4-8-19)20-11-13-28(26,27)16-20/h9-10,14,19-20H,2-8,11-13,15-16H2,1H3/t20-/m0/s1. The molecule has 0 spiro atoms. The van der Waals surface area contributed by atoms with Gasteiger partial charge >= 0.3 is 0 Å². The largest absolute Gasteiger partial charge is 0.362 e. The fourth-order valence-corrected chi connectivity index (χ4v) is 6.98. The van der Waals surface area contributed by atoms with E-state index in [2.05, 4.69) is 30.0 Å². The second-order valence-corrected chi connectivity index (χ2v) is 11.0. The molecule has 154 valence electrons. The molecule has 1 saturated carbocycles. The Morgan fingerprint density at radius 3 is 2.61 bits per heavy atom. The number of nitrogens with zero attached hydrogens (tertiary/aromatic N) is 2. The fraction of sp³-hybridized carbons (Fsp3) is 0.682. The van der Waals surface area contributed by atoms with Crippen LogP contribution in [0.2, 0.25) is 0 Å². The summed E-state index contributed by atoms with van der Waals surface area (Å²) in [5.74, 6) is 0.479. The molecule has 2 heterocycles. The molecule has 28 heavy (non-hydrogen) atoms. The first-order valence-electron chi connectivity index (χ1n) is 10.8. The van der Waals surface area contributed by atoms with Crippen molar-refractivity contribution in [2.45, 2.75) is 70.4 Å². The minimum absolute atomic E-state index is 0.113. The summed E-state index contributed by atoms with van der Waals surface area (Å²) in [6.07, 6.45) is 8.25. The van der Waals surface area contributed by atoms with E-state index in [1.165, 1.54) is 23.2 Å². The molecule has 6 heteroatoms. The van der Waals surface area contributed by atoms with E-state index in [0.717, 1.165) is 45.1 Å². The van der Waals surface area contributed by atoms with Crippen molar-refractivity contribution in [3.05, 3.63) is 29.3 Å². The number of fused-ring (bicyclic) bond motifs is 1. The van der Waals surface area contributed by atoms with Crippen molar-refractivity contribution >= 4 is 21.4 Å². The highest BCUT2D eigenvalue weighted by atomic mass is 32.2. The van der Waals surface area contributed by atoms with Gasteiger partial charge in [0.15, 0.2) is 9.84 Å². The van der Waals surface area contributed by atoms with Crippen LogP contribution in [0.25, 0.3) is 0 Å². The number of aryl methyl sites for hydroxylation is 2. The van der Waals surface area contributed by atoms with Crippen LogP contribution in [0.15, 0.2) is 18.2 Å². The quantitative estimate of drug-likeness (QED) is 0.774. The molecule has 1 atom stereocenters. The lowest BCUT2D eigenvalue weighted by Gasteiger charge is -2.40. The summed E-state index contributed by atoms with van der Waals surface area (Å²) in [4.78, 5) is 17.7. The SMILES string of the molecule is Cc1ccc2c(c1)CCCN2CC(=O)N(C1CCCCC1)[C@H]1CCS(=O)(=O)C1. The second-order valence-electron chi connectivity index (χ2n) is 8.81. The molecule has 0 unspecified atom stereocenters. The first-order chi connectivity index (χ1) is 13.4. The number of carbonyl (C=O) groups is 1. The van der Waals surface area contributed by atoms with Crippen molar-refractivity contribution in [1.29, 1.82) is 0 Å². The molecule has 5 nitrogen and oxygen atoms in total. The van der Waals surface area contributed by atoms with Gasteiger partial charge in [-0.05, 0) is 50.7 Å². The molecular weight excluding hydrogens is 372 g/mol. The van der Waals surface area contributed by atoms with E-state index < -0.39 is 9.84 Å². The molecule has 1 aromatic rings. The molecule has 2 aliphatic heterocycles. The molecule has 4 rings (SSSR count). The molecule has 0 radical (unpaired) electrons. The predicted molar refractivity (Wildman–Crippen MR) is 112 cm³/mol. The summed E-state index contributed by atoms with van der Waals surface area (Å²) in [6.45, 7) is 3.36. The molecule has 0 aromatic heterocycles. The zero-order chi connectivity index (χ0) is 19.7. The van der Waals surface area contributed by atoms with Gasteiger partial charge in [0, 0.05) is 24.3 Å². The Hall–Kier alpha value is -1.56. The smallest absolute Gasteiger partial charge is 0.242 e. The van der Waals surface area contributed by atoms with E-state index in [4.69, 9.17) is 0 Å². The van der Waals surface area contributed by atoms with Crippen molar-refractivity contribution in [2.24, 2.45) is 0 Å². The average molecular weight is 405 g/mol. The summed E-state index contributed by atoms with van der Waals surface area (Å²) in [5, 5.41) is 0. The van der Waals surface area contributed by atoms with Gasteiger partial charge in [-0.3, -0.25) is 4.79 Å². The van der Waals surface area contributed by atoms with Crippen LogP contribution < -0.4 is 4.90 Å². The molecular formula is C22H32N2O3S. The minimum Gasteiger partial charge on any atom is -0.362 e. The summed E-state index contributed by atoms with van der Waals surface area (Å²) in [5.41, 5.74) is 3.76. The zero-order valence-electron chi connectivity index (χ0n) is 16.9. The first kappa shape index (κ1) is 19.7. The highest BCUT2D eigenvalue weighted by Gasteiger charge is 2.39. The van der Waals surface area contributed by atoms with E-state index in [1.54, 1.807) is 0 Å². The van der Waals surface area contributed by atoms with Crippen LogP contribution in [0.1, 0.15) is 56.1 Å². The number of hydrogen-bond donors (Lipinski definition) is 0. The van der Waals surface area contributed by atoms with Gasteiger partial charge < -0.3 is 9.80 Å². The maximum absolute atomic E-state index is 13.5. The first-order valence-corrected chi connectivity index (χ1v) is 12.6. The maximum atomic E-state index is 13.5. The van der Waals surface area contributed by atoms with Gasteiger partial charge in [-0.25, -0.2) is 8.42 Å². The zero-order valence-corrected chi connectivity index (χ0v) is 17.7. The average Bonchev–Trinajstić information content (AvgIpc) is 3.02. The number of benzene rings is 1. The third kappa shape index (κ3) is 4.22. The Morgan fingerprint density at radius 2 is 1.89 bits per heavy atom. The monoisotopic (exact) mass is 404 g/mol. The summed E-state index contributed by atoms with van der Waals surface area (Å²) in [6, 6.07) is 6.56. The third-order valence-electron chi connectivity index (χ3n) is 6.63. The van der Waals surface area contributed by atoms with Crippen molar-refractivity contribution < 1.29 is 13.2 Å². The Labute approximate surface area is 169 Å². The number of anilines is 1. The van der Waals surface area contributed by atoms with Crippen LogP contribution in [0.3, 0.4) is 0 Å². The topological polar surface area (TPSA) is 57.7 Å². The normalized spacial score (nSPS) is 24.8. The van der Waals surface area contributed by atoms with Crippen molar-refractivity contribution in [2.75, 3.05) is 29.5 Å². The van der Waals surface area contributed by atoms with Crippen molar-refractivity contribution in [3.8, 4) is 0 Å². The highest BCUT2D eigenvalue weighted by Crippen LogP contribution is 2.31. The predicted octanol–water partition coefficient (Wildman–Crippen LogP) is 3.10. The number of hydrogen-bond acceptors (Lipinski definition) is 4. The molecule has 1 aromatic carbocycles. The Bertz CT molecular complexity index is 830. The third-order valence-corrected chi connectivity index (χ3v) is 8.38. The number of carbonyl (C=O) groups excluding carboxylic acids is 1. The van der Waals surface area contributed by atoms with Crippen LogP contribution in [0.5, 0.6) is 0 Å². The molecule has 2 fully saturated rings. The Morgan fingerprint density at radius 1 is 1.11 bits per heavy atom. The number of amides is 1. The van der Waals surface area contributed by atoms with E-state index >= 15 is 0 Å². The van der Waals surface area contributed by atoms with Gasteiger partial charge in [0.1, 0.15) is 0 Å². The van der Waals surface area contributed by atoms with Gasteiger partial charge in [-0.2, -0.15) is 0 Å². The van der Waals surface area contributed by atoms with Crippen LogP contribution in [0.4, 0.5) is 5.69 Å². The summed E-state index contributed by atoms with van der Waals surface area (Å²) in [7, 11) is -3.01. The van der Waals surface area contributed by atoms with E-state index in [0.29, 0.717) is 13.0 Å².